The molecule has 0 radical (unpaired) electrons. The fourth-order valence-corrected chi connectivity index (χ4v) is 2.83. The van der Waals surface area contributed by atoms with Crippen LogP contribution in [-0.2, 0) is 12.2 Å². The number of aryl methyl sites for hydroxylation is 1. The van der Waals surface area contributed by atoms with Crippen molar-refractivity contribution in [2.45, 2.75) is 24.1 Å². The fraction of sp³-hybridized carbons (Fsp3) is 0.200. The van der Waals surface area contributed by atoms with E-state index >= 15 is 0 Å². The summed E-state index contributed by atoms with van der Waals surface area (Å²) in [6, 6.07) is 10.2. The molecular weight excluding hydrogens is 256 g/mol. The first-order valence-electron chi connectivity index (χ1n) is 6.25. The van der Waals surface area contributed by atoms with Crippen LogP contribution in [0.4, 0.5) is 0 Å². The number of nitrogens with zero attached hydrogens (tertiary/aromatic N) is 2. The molecule has 0 aliphatic carbocycles. The summed E-state index contributed by atoms with van der Waals surface area (Å²) >= 11 is 1.68. The second-order valence-electron chi connectivity index (χ2n) is 4.25. The minimum Gasteiger partial charge on any atom is -0.468 e. The molecule has 0 unspecified atom stereocenters. The molecule has 19 heavy (non-hydrogen) atoms. The molecule has 0 saturated carbocycles. The van der Waals surface area contributed by atoms with Crippen LogP contribution in [0.5, 0.6) is 0 Å². The van der Waals surface area contributed by atoms with Crippen LogP contribution in [0.25, 0.3) is 10.9 Å². The summed E-state index contributed by atoms with van der Waals surface area (Å²) in [5, 5.41) is 2.13. The Hall–Kier alpha value is -1.81. The van der Waals surface area contributed by atoms with E-state index in [0.717, 1.165) is 33.9 Å². The van der Waals surface area contributed by atoms with Crippen molar-refractivity contribution in [3.8, 4) is 0 Å². The lowest BCUT2D eigenvalue weighted by atomic mass is 10.1. The molecule has 3 rings (SSSR count). The Morgan fingerprint density at radius 3 is 2.95 bits per heavy atom. The lowest BCUT2D eigenvalue weighted by Gasteiger charge is -2.05. The molecule has 4 heteroatoms. The predicted molar refractivity (Wildman–Crippen MR) is 77.2 cm³/mol. The van der Waals surface area contributed by atoms with E-state index < -0.39 is 0 Å². The number of aromatic nitrogens is 2. The Bertz CT molecular complexity index is 680. The molecule has 0 spiro atoms. The zero-order valence-corrected chi connectivity index (χ0v) is 11.5. The first kappa shape index (κ1) is 12.2. The first-order chi connectivity index (χ1) is 9.36. The normalized spacial score (nSPS) is 11.0. The van der Waals surface area contributed by atoms with Crippen molar-refractivity contribution in [2.75, 3.05) is 0 Å². The van der Waals surface area contributed by atoms with Gasteiger partial charge in [-0.2, -0.15) is 0 Å². The lowest BCUT2D eigenvalue weighted by molar-refractivity contribution is 0.530. The van der Waals surface area contributed by atoms with Gasteiger partial charge in [-0.15, -0.1) is 0 Å². The molecule has 0 bridgehead atoms. The molecule has 0 fully saturated rings. The van der Waals surface area contributed by atoms with Crippen molar-refractivity contribution < 1.29 is 4.42 Å². The maximum absolute atomic E-state index is 5.35. The molecule has 1 aromatic carbocycles. The van der Waals surface area contributed by atoms with Gasteiger partial charge in [0.15, 0.2) is 0 Å². The Morgan fingerprint density at radius 1 is 1.21 bits per heavy atom. The van der Waals surface area contributed by atoms with E-state index in [0.29, 0.717) is 0 Å². The SMILES string of the molecule is CCc1ccc2ncnc(SCc3ccco3)c2c1. The predicted octanol–water partition coefficient (Wildman–Crippen LogP) is 4.08. The van der Waals surface area contributed by atoms with Crippen molar-refractivity contribution in [1.29, 1.82) is 0 Å². The summed E-state index contributed by atoms with van der Waals surface area (Å²) in [6.07, 6.45) is 4.34. The largest absolute Gasteiger partial charge is 0.468 e. The van der Waals surface area contributed by atoms with Crippen LogP contribution < -0.4 is 0 Å². The van der Waals surface area contributed by atoms with E-state index in [9.17, 15) is 0 Å². The molecule has 0 atom stereocenters. The topological polar surface area (TPSA) is 38.9 Å². The van der Waals surface area contributed by atoms with Gasteiger partial charge in [-0.05, 0) is 36.2 Å². The number of furan rings is 1. The molecule has 0 aliphatic heterocycles. The molecule has 0 N–H and O–H groups in total. The highest BCUT2D eigenvalue weighted by atomic mass is 32.2. The Morgan fingerprint density at radius 2 is 2.16 bits per heavy atom. The van der Waals surface area contributed by atoms with Crippen LogP contribution in [-0.4, -0.2) is 9.97 Å². The van der Waals surface area contributed by atoms with Crippen LogP contribution in [0.2, 0.25) is 0 Å². The highest BCUT2D eigenvalue weighted by molar-refractivity contribution is 7.98. The molecule has 0 saturated heterocycles. The van der Waals surface area contributed by atoms with Gasteiger partial charge in [0.05, 0.1) is 17.5 Å². The van der Waals surface area contributed by atoms with E-state index in [2.05, 4.69) is 35.1 Å². The third-order valence-electron chi connectivity index (χ3n) is 3.00. The smallest absolute Gasteiger partial charge is 0.117 e. The zero-order valence-electron chi connectivity index (χ0n) is 10.7. The van der Waals surface area contributed by atoms with E-state index in [1.54, 1.807) is 24.4 Å². The van der Waals surface area contributed by atoms with E-state index in [-0.39, 0.29) is 0 Å². The fourth-order valence-electron chi connectivity index (χ4n) is 1.95. The van der Waals surface area contributed by atoms with Crippen molar-refractivity contribution >= 4 is 22.7 Å². The van der Waals surface area contributed by atoms with E-state index in [1.807, 2.05) is 12.1 Å². The highest BCUT2D eigenvalue weighted by Crippen LogP contribution is 2.28. The van der Waals surface area contributed by atoms with E-state index in [4.69, 9.17) is 4.42 Å². The average molecular weight is 270 g/mol. The van der Waals surface area contributed by atoms with Gasteiger partial charge in [-0.25, -0.2) is 9.97 Å². The van der Waals surface area contributed by atoms with Gasteiger partial charge in [0, 0.05) is 5.39 Å². The zero-order chi connectivity index (χ0) is 13.1. The molecular formula is C15H14N2OS. The van der Waals surface area contributed by atoms with Crippen LogP contribution in [0, 0.1) is 0 Å². The maximum atomic E-state index is 5.35. The summed E-state index contributed by atoms with van der Waals surface area (Å²) in [4.78, 5) is 8.71. The summed E-state index contributed by atoms with van der Waals surface area (Å²) in [6.45, 7) is 2.15. The minimum absolute atomic E-state index is 0.787. The van der Waals surface area contributed by atoms with E-state index in [1.165, 1.54) is 5.56 Å². The summed E-state index contributed by atoms with van der Waals surface area (Å²) in [5.74, 6) is 1.75. The van der Waals surface area contributed by atoms with Gasteiger partial charge in [-0.1, -0.05) is 24.8 Å². The monoisotopic (exact) mass is 270 g/mol. The second kappa shape index (κ2) is 5.45. The standard InChI is InChI=1S/C15H14N2OS/c1-2-11-5-6-14-13(8-11)15(17-10-16-14)19-9-12-4-3-7-18-12/h3-8,10H,2,9H2,1H3. The average Bonchev–Trinajstić information content (AvgIpc) is 2.97. The number of rotatable bonds is 4. The van der Waals surface area contributed by atoms with Crippen LogP contribution in [0.1, 0.15) is 18.2 Å². The number of hydrogen-bond acceptors (Lipinski definition) is 4. The molecule has 0 amide bonds. The molecule has 2 heterocycles. The molecule has 2 aromatic heterocycles. The maximum Gasteiger partial charge on any atom is 0.117 e. The van der Waals surface area contributed by atoms with Gasteiger partial charge in [0.25, 0.3) is 0 Å². The van der Waals surface area contributed by atoms with Crippen molar-refractivity contribution in [3.63, 3.8) is 0 Å². The van der Waals surface area contributed by atoms with Gasteiger partial charge in [-0.3, -0.25) is 0 Å². The Kier molecular flexibility index (Phi) is 3.51. The van der Waals surface area contributed by atoms with Crippen molar-refractivity contribution in [2.24, 2.45) is 0 Å². The summed E-state index contributed by atoms with van der Waals surface area (Å²) in [5.41, 5.74) is 2.30. The van der Waals surface area contributed by atoms with Crippen LogP contribution >= 0.6 is 11.8 Å². The van der Waals surface area contributed by atoms with Gasteiger partial charge >= 0.3 is 0 Å². The van der Waals surface area contributed by atoms with Gasteiger partial charge < -0.3 is 4.42 Å². The lowest BCUT2D eigenvalue weighted by Crippen LogP contribution is -1.89. The first-order valence-corrected chi connectivity index (χ1v) is 7.24. The van der Waals surface area contributed by atoms with Gasteiger partial charge in [0.1, 0.15) is 17.1 Å². The number of hydrogen-bond donors (Lipinski definition) is 0. The minimum atomic E-state index is 0.787. The summed E-state index contributed by atoms with van der Waals surface area (Å²) < 4.78 is 5.35. The van der Waals surface area contributed by atoms with Crippen molar-refractivity contribution in [1.82, 2.24) is 9.97 Å². The number of fused-ring (bicyclic) bond motifs is 1. The molecule has 3 aromatic rings. The third-order valence-corrected chi connectivity index (χ3v) is 4.03. The summed E-state index contributed by atoms with van der Waals surface area (Å²) in [7, 11) is 0. The number of thioether (sulfide) groups is 1. The quantitative estimate of drug-likeness (QED) is 0.529. The Balaban J connectivity index is 1.93. The third kappa shape index (κ3) is 2.63. The molecule has 3 nitrogen and oxygen atoms in total. The highest BCUT2D eigenvalue weighted by Gasteiger charge is 2.06. The van der Waals surface area contributed by atoms with Gasteiger partial charge in [0.2, 0.25) is 0 Å². The molecule has 96 valence electrons. The number of benzene rings is 1. The Labute approximate surface area is 116 Å². The van der Waals surface area contributed by atoms with Crippen molar-refractivity contribution in [3.05, 3.63) is 54.2 Å². The van der Waals surface area contributed by atoms with Crippen LogP contribution in [0.15, 0.2) is 52.4 Å². The second-order valence-corrected chi connectivity index (χ2v) is 5.22. The van der Waals surface area contributed by atoms with Crippen LogP contribution in [0.3, 0.4) is 0 Å². The molecule has 0 aliphatic rings.